The minimum atomic E-state index is -0.204. The second-order valence-corrected chi connectivity index (χ2v) is 5.34. The molecule has 0 bridgehead atoms. The molecule has 0 spiro atoms. The molecule has 3 aromatic heterocycles. The van der Waals surface area contributed by atoms with Crippen molar-refractivity contribution >= 4 is 17.2 Å². The summed E-state index contributed by atoms with van der Waals surface area (Å²) in [6, 6.07) is 1.68. The highest BCUT2D eigenvalue weighted by atomic mass is 32.1. The number of furan rings is 1. The monoisotopic (exact) mass is 304 g/mol. The molecule has 0 fully saturated rings. The van der Waals surface area contributed by atoms with E-state index in [0.717, 1.165) is 10.7 Å². The van der Waals surface area contributed by atoms with Crippen LogP contribution < -0.4 is 5.32 Å². The zero-order valence-corrected chi connectivity index (χ0v) is 12.0. The van der Waals surface area contributed by atoms with Crippen LogP contribution >= 0.6 is 11.3 Å². The summed E-state index contributed by atoms with van der Waals surface area (Å²) in [7, 11) is 0. The number of hydrogen-bond acceptors (Lipinski definition) is 7. The van der Waals surface area contributed by atoms with E-state index in [0.29, 0.717) is 24.4 Å². The molecule has 3 aromatic rings. The van der Waals surface area contributed by atoms with Gasteiger partial charge >= 0.3 is 0 Å². The van der Waals surface area contributed by atoms with Gasteiger partial charge in [0.1, 0.15) is 18.3 Å². The Morgan fingerprint density at radius 2 is 2.43 bits per heavy atom. The summed E-state index contributed by atoms with van der Waals surface area (Å²) in [5.41, 5.74) is 1.21. The Labute approximate surface area is 123 Å². The number of aryl methyl sites for hydroxylation is 1. The molecular formula is C12H12N6O2S. The highest BCUT2D eigenvalue weighted by molar-refractivity contribution is 7.09. The molecule has 21 heavy (non-hydrogen) atoms. The van der Waals surface area contributed by atoms with E-state index in [2.05, 4.69) is 25.8 Å². The molecule has 1 amide bonds. The predicted octanol–water partition coefficient (Wildman–Crippen LogP) is 1.13. The second kappa shape index (κ2) is 5.83. The summed E-state index contributed by atoms with van der Waals surface area (Å²) in [5, 5.41) is 16.4. The molecular weight excluding hydrogens is 292 g/mol. The minimum Gasteiger partial charge on any atom is -0.462 e. The van der Waals surface area contributed by atoms with Gasteiger partial charge in [-0.2, -0.15) is 0 Å². The van der Waals surface area contributed by atoms with Crippen molar-refractivity contribution in [1.29, 1.82) is 0 Å². The van der Waals surface area contributed by atoms with Crippen LogP contribution in [0.5, 0.6) is 0 Å². The maximum Gasteiger partial charge on any atom is 0.254 e. The van der Waals surface area contributed by atoms with Crippen LogP contribution in [0.15, 0.2) is 28.5 Å². The molecule has 0 atom stereocenters. The Morgan fingerprint density at radius 3 is 3.14 bits per heavy atom. The fraction of sp³-hybridized carbons (Fsp3) is 0.250. The molecule has 9 heteroatoms. The summed E-state index contributed by atoms with van der Waals surface area (Å²) in [4.78, 5) is 16.3. The third kappa shape index (κ3) is 3.14. The van der Waals surface area contributed by atoms with Crippen molar-refractivity contribution in [1.82, 2.24) is 30.5 Å². The molecule has 8 nitrogen and oxygen atoms in total. The van der Waals surface area contributed by atoms with E-state index in [1.54, 1.807) is 10.7 Å². The first-order chi connectivity index (χ1) is 10.2. The van der Waals surface area contributed by atoms with E-state index in [1.165, 1.54) is 23.9 Å². The lowest BCUT2D eigenvalue weighted by Gasteiger charge is -2.01. The Morgan fingerprint density at radius 1 is 1.52 bits per heavy atom. The number of thiazole rings is 1. The van der Waals surface area contributed by atoms with Crippen LogP contribution in [-0.4, -0.2) is 37.6 Å². The first-order valence-electron chi connectivity index (χ1n) is 6.22. The highest BCUT2D eigenvalue weighted by Gasteiger charge is 2.12. The normalized spacial score (nSPS) is 10.7. The van der Waals surface area contributed by atoms with Gasteiger partial charge in [-0.25, -0.2) is 9.67 Å². The SMILES string of the molecule is Cc1nc(-c2cc(C(=O)NCCn3cnnn3)co2)cs1. The maximum absolute atomic E-state index is 12.0. The van der Waals surface area contributed by atoms with E-state index < -0.39 is 0 Å². The summed E-state index contributed by atoms with van der Waals surface area (Å²) in [6.07, 6.45) is 2.92. The molecule has 3 rings (SSSR count). The fourth-order valence-corrected chi connectivity index (χ4v) is 2.34. The standard InChI is InChI=1S/C12H12N6O2S/c1-8-15-10(6-21-8)11-4-9(5-20-11)12(19)13-2-3-18-7-14-16-17-18/h4-7H,2-3H2,1H3,(H,13,19). The van der Waals surface area contributed by atoms with Gasteiger partial charge in [0.15, 0.2) is 5.76 Å². The third-order valence-corrected chi connectivity index (χ3v) is 3.52. The fourth-order valence-electron chi connectivity index (χ4n) is 1.73. The van der Waals surface area contributed by atoms with Crippen LogP contribution in [-0.2, 0) is 6.54 Å². The smallest absolute Gasteiger partial charge is 0.254 e. The van der Waals surface area contributed by atoms with Gasteiger partial charge in [-0.05, 0) is 23.4 Å². The van der Waals surface area contributed by atoms with Gasteiger partial charge < -0.3 is 9.73 Å². The number of rotatable bonds is 5. The predicted molar refractivity (Wildman–Crippen MR) is 74.7 cm³/mol. The molecule has 0 aliphatic rings. The van der Waals surface area contributed by atoms with Gasteiger partial charge in [0.25, 0.3) is 5.91 Å². The molecule has 0 saturated carbocycles. The van der Waals surface area contributed by atoms with Crippen molar-refractivity contribution in [2.75, 3.05) is 6.54 Å². The lowest BCUT2D eigenvalue weighted by atomic mass is 10.2. The average Bonchev–Trinajstić information content (AvgIpc) is 3.19. The molecule has 108 valence electrons. The van der Waals surface area contributed by atoms with Crippen LogP contribution in [0.25, 0.3) is 11.5 Å². The molecule has 0 aromatic carbocycles. The summed E-state index contributed by atoms with van der Waals surface area (Å²) in [5.74, 6) is 0.384. The van der Waals surface area contributed by atoms with Crippen molar-refractivity contribution in [3.63, 3.8) is 0 Å². The zero-order chi connectivity index (χ0) is 14.7. The molecule has 0 unspecified atom stereocenters. The van der Waals surface area contributed by atoms with Gasteiger partial charge in [0.2, 0.25) is 0 Å². The van der Waals surface area contributed by atoms with E-state index in [4.69, 9.17) is 4.42 Å². The molecule has 0 aliphatic heterocycles. The summed E-state index contributed by atoms with van der Waals surface area (Å²) >= 11 is 1.54. The largest absolute Gasteiger partial charge is 0.462 e. The van der Waals surface area contributed by atoms with Gasteiger partial charge in [-0.3, -0.25) is 4.79 Å². The molecule has 0 radical (unpaired) electrons. The van der Waals surface area contributed by atoms with E-state index in [9.17, 15) is 4.79 Å². The topological polar surface area (TPSA) is 98.7 Å². The Bertz CT molecular complexity index is 733. The van der Waals surface area contributed by atoms with E-state index in [-0.39, 0.29) is 5.91 Å². The Kier molecular flexibility index (Phi) is 3.73. The molecule has 1 N–H and O–H groups in total. The minimum absolute atomic E-state index is 0.204. The number of tetrazole rings is 1. The van der Waals surface area contributed by atoms with Crippen molar-refractivity contribution in [3.05, 3.63) is 34.6 Å². The van der Waals surface area contributed by atoms with Crippen molar-refractivity contribution in [3.8, 4) is 11.5 Å². The molecule has 0 saturated heterocycles. The van der Waals surface area contributed by atoms with Crippen molar-refractivity contribution in [2.24, 2.45) is 0 Å². The summed E-state index contributed by atoms with van der Waals surface area (Å²) in [6.45, 7) is 2.86. The number of carbonyl (C=O) groups is 1. The quantitative estimate of drug-likeness (QED) is 0.758. The molecule has 3 heterocycles. The van der Waals surface area contributed by atoms with Crippen LogP contribution in [0.4, 0.5) is 0 Å². The number of nitrogens with zero attached hydrogens (tertiary/aromatic N) is 5. The van der Waals surface area contributed by atoms with Gasteiger partial charge in [-0.15, -0.1) is 16.4 Å². The van der Waals surface area contributed by atoms with E-state index in [1.807, 2.05) is 12.3 Å². The second-order valence-electron chi connectivity index (χ2n) is 4.28. The number of amides is 1. The van der Waals surface area contributed by atoms with Gasteiger partial charge in [-0.1, -0.05) is 0 Å². The van der Waals surface area contributed by atoms with Crippen LogP contribution in [0.2, 0.25) is 0 Å². The Hall–Kier alpha value is -2.55. The zero-order valence-electron chi connectivity index (χ0n) is 11.2. The number of carbonyl (C=O) groups excluding carboxylic acids is 1. The molecule has 0 aliphatic carbocycles. The Balaban J connectivity index is 1.59. The van der Waals surface area contributed by atoms with E-state index >= 15 is 0 Å². The van der Waals surface area contributed by atoms with Gasteiger partial charge in [0.05, 0.1) is 17.1 Å². The first kappa shape index (κ1) is 13.4. The summed E-state index contributed by atoms with van der Waals surface area (Å²) < 4.78 is 6.92. The van der Waals surface area contributed by atoms with Gasteiger partial charge in [0, 0.05) is 11.9 Å². The highest BCUT2D eigenvalue weighted by Crippen LogP contribution is 2.23. The maximum atomic E-state index is 12.0. The lowest BCUT2D eigenvalue weighted by molar-refractivity contribution is 0.0951. The third-order valence-electron chi connectivity index (χ3n) is 2.75. The number of hydrogen-bond donors (Lipinski definition) is 1. The van der Waals surface area contributed by atoms with Crippen molar-refractivity contribution < 1.29 is 9.21 Å². The number of nitrogens with one attached hydrogen (secondary N) is 1. The average molecular weight is 304 g/mol. The lowest BCUT2D eigenvalue weighted by Crippen LogP contribution is -2.27. The van der Waals surface area contributed by atoms with Crippen molar-refractivity contribution in [2.45, 2.75) is 13.5 Å². The number of aromatic nitrogens is 5. The van der Waals surface area contributed by atoms with Crippen LogP contribution in [0.1, 0.15) is 15.4 Å². The van der Waals surface area contributed by atoms with Crippen LogP contribution in [0.3, 0.4) is 0 Å². The first-order valence-corrected chi connectivity index (χ1v) is 7.10. The van der Waals surface area contributed by atoms with Crippen LogP contribution in [0, 0.1) is 6.92 Å².